The van der Waals surface area contributed by atoms with Gasteiger partial charge in [0.15, 0.2) is 50.3 Å². The molecule has 26 N–H and O–H groups in total. The standard InChI is InChI=1S/C58H98N4O42/c1-15-30(75)38(83)40(85)55(90-15)104-50-49(103-51-27(60-16(2)72)36(81)31(76)20(6-64)91-51)35(80)24(10-68)95-58(50)100-46-29(62-18(4)74)53(92-21(7-65)32(46)77)102-48-34(79)23(9-67)93-56(43(48)88)98-44-25(11-69)96-52(28(37(44)82)61-17(3)73)101-47-33(78)22(8-66)94-57(42(47)87)99-45-26(12-70)97-54(41(86)39(45)84)89-13-19(5-63)59-14-71/h14-15,19-58,63-70,75-88H,5-13H2,1-4H3,(H,59,71)(H,60,72)(H,61,73)(H,62,74)/t15-,19+,20+,21+,22+,23+,24+,25+,26+,27+,28+,29+,30+,31-,32-,33-,34-,35-,36+,37+,38+,39+,40-,41+,42+,43+,44+,45+,46+,47-,48-,49-,50+,51+,52-,53+,54+,55-,56-,57-,58-/m0/s1. The monoisotopic (exact) mass is 1520 g/mol. The summed E-state index contributed by atoms with van der Waals surface area (Å²) in [4.78, 5) is 49.6. The molecule has 8 aliphatic heterocycles. The van der Waals surface area contributed by atoms with E-state index in [1.54, 1.807) is 0 Å². The molecule has 0 radical (unpaired) electrons. The van der Waals surface area contributed by atoms with E-state index < -0.39 is 329 Å². The number of nitrogens with one attached hydrogen (secondary N) is 4. The van der Waals surface area contributed by atoms with Crippen molar-refractivity contribution in [1.29, 1.82) is 0 Å². The van der Waals surface area contributed by atoms with Gasteiger partial charge >= 0.3 is 0 Å². The van der Waals surface area contributed by atoms with Crippen molar-refractivity contribution in [2.24, 2.45) is 0 Å². The summed E-state index contributed by atoms with van der Waals surface area (Å²) in [5.41, 5.74) is 0. The van der Waals surface area contributed by atoms with Gasteiger partial charge in [0, 0.05) is 20.8 Å². The van der Waals surface area contributed by atoms with Gasteiger partial charge in [-0.1, -0.05) is 0 Å². The quantitative estimate of drug-likeness (QED) is 0.0297. The van der Waals surface area contributed by atoms with E-state index in [4.69, 9.17) is 75.8 Å². The Morgan fingerprint density at radius 2 is 0.663 bits per heavy atom. The van der Waals surface area contributed by atoms with Crippen LogP contribution in [0.1, 0.15) is 27.7 Å². The molecule has 0 aromatic carbocycles. The molecule has 8 fully saturated rings. The van der Waals surface area contributed by atoms with Gasteiger partial charge in [0.25, 0.3) is 0 Å². The lowest BCUT2D eigenvalue weighted by Crippen LogP contribution is -2.71. The number of hydrogen-bond donors (Lipinski definition) is 26. The summed E-state index contributed by atoms with van der Waals surface area (Å²) in [5.74, 6) is -2.75. The molecule has 0 aromatic rings. The van der Waals surface area contributed by atoms with Crippen LogP contribution in [0, 0.1) is 0 Å². The third-order valence-electron chi connectivity index (χ3n) is 18.8. The summed E-state index contributed by atoms with van der Waals surface area (Å²) in [6.45, 7) is -4.54. The smallest absolute Gasteiger partial charge is 0.217 e. The van der Waals surface area contributed by atoms with Gasteiger partial charge < -0.3 is 209 Å². The van der Waals surface area contributed by atoms with Crippen molar-refractivity contribution >= 4 is 24.1 Å². The highest BCUT2D eigenvalue weighted by Gasteiger charge is 2.61. The molecule has 8 aliphatic rings. The Morgan fingerprint density at radius 1 is 0.327 bits per heavy atom. The van der Waals surface area contributed by atoms with Crippen molar-refractivity contribution in [2.75, 3.05) is 59.5 Å². The summed E-state index contributed by atoms with van der Waals surface area (Å²) in [5, 5.41) is 253. The molecule has 0 aromatic heterocycles. The molecule has 0 saturated carbocycles. The van der Waals surface area contributed by atoms with Crippen molar-refractivity contribution in [2.45, 2.75) is 279 Å². The molecule has 8 rings (SSSR count). The van der Waals surface area contributed by atoms with E-state index in [0.717, 1.165) is 20.8 Å². The Hall–Kier alpha value is -3.64. The van der Waals surface area contributed by atoms with Crippen LogP contribution in [0.3, 0.4) is 0 Å². The van der Waals surface area contributed by atoms with Gasteiger partial charge in [0.05, 0.1) is 71.6 Å². The van der Waals surface area contributed by atoms with Crippen molar-refractivity contribution in [3.05, 3.63) is 0 Å². The first kappa shape index (κ1) is 86.0. The van der Waals surface area contributed by atoms with Crippen LogP contribution >= 0.6 is 0 Å². The predicted molar refractivity (Wildman–Crippen MR) is 322 cm³/mol. The maximum atomic E-state index is 13.3. The van der Waals surface area contributed by atoms with Crippen molar-refractivity contribution < 1.29 is 207 Å². The lowest BCUT2D eigenvalue weighted by Gasteiger charge is -2.52. The summed E-state index contributed by atoms with van der Waals surface area (Å²) in [7, 11) is 0. The molecular weight excluding hydrogens is 1420 g/mol. The number of amides is 4. The van der Waals surface area contributed by atoms with Gasteiger partial charge in [-0.25, -0.2) is 0 Å². The highest BCUT2D eigenvalue weighted by molar-refractivity contribution is 5.74. The predicted octanol–water partition coefficient (Wildman–Crippen LogP) is -17.9. The second kappa shape index (κ2) is 38.3. The van der Waals surface area contributed by atoms with E-state index in [-0.39, 0.29) is 6.41 Å². The first-order valence-electron chi connectivity index (χ1n) is 33.2. The lowest BCUT2D eigenvalue weighted by atomic mass is 9.93. The molecule has 0 aliphatic carbocycles. The highest BCUT2D eigenvalue weighted by Crippen LogP contribution is 2.40. The average molecular weight is 1520 g/mol. The molecule has 4 amide bonds. The van der Waals surface area contributed by atoms with Crippen molar-refractivity contribution in [1.82, 2.24) is 21.3 Å². The first-order valence-corrected chi connectivity index (χ1v) is 33.2. The Morgan fingerprint density at radius 3 is 1.12 bits per heavy atom. The molecule has 0 bridgehead atoms. The van der Waals surface area contributed by atoms with Gasteiger partial charge in [-0.2, -0.15) is 0 Å². The van der Waals surface area contributed by atoms with E-state index in [2.05, 4.69) is 21.3 Å². The van der Waals surface area contributed by atoms with Crippen LogP contribution < -0.4 is 21.3 Å². The Balaban J connectivity index is 1.05. The van der Waals surface area contributed by atoms with Gasteiger partial charge in [0.2, 0.25) is 24.1 Å². The van der Waals surface area contributed by atoms with Gasteiger partial charge in [-0.15, -0.1) is 0 Å². The minimum Gasteiger partial charge on any atom is -0.394 e. The zero-order chi connectivity index (χ0) is 76.6. The van der Waals surface area contributed by atoms with Gasteiger partial charge in [0.1, 0.15) is 189 Å². The average Bonchev–Trinajstić information content (AvgIpc) is 0.762. The summed E-state index contributed by atoms with van der Waals surface area (Å²) >= 11 is 0. The number of carbonyl (C=O) groups excluding carboxylic acids is 4. The third kappa shape index (κ3) is 19.2. The van der Waals surface area contributed by atoms with Crippen LogP contribution in [0.15, 0.2) is 0 Å². The van der Waals surface area contributed by atoms with Crippen LogP contribution in [0.25, 0.3) is 0 Å². The Bertz CT molecular complexity index is 2680. The van der Waals surface area contributed by atoms with E-state index in [1.807, 2.05) is 0 Å². The van der Waals surface area contributed by atoms with Crippen LogP contribution in [0.4, 0.5) is 0 Å². The molecular formula is C58H98N4O42. The van der Waals surface area contributed by atoms with Crippen LogP contribution in [-0.2, 0) is 95.0 Å². The maximum Gasteiger partial charge on any atom is 0.217 e. The second-order valence-corrected chi connectivity index (χ2v) is 26.0. The molecule has 602 valence electrons. The van der Waals surface area contributed by atoms with Crippen LogP contribution in [0.5, 0.6) is 0 Å². The number of aliphatic hydroxyl groups excluding tert-OH is 22. The second-order valence-electron chi connectivity index (χ2n) is 26.0. The van der Waals surface area contributed by atoms with Crippen molar-refractivity contribution in [3.8, 4) is 0 Å². The van der Waals surface area contributed by atoms with E-state index in [1.165, 1.54) is 6.92 Å². The zero-order valence-corrected chi connectivity index (χ0v) is 56.1. The molecule has 8 heterocycles. The topological polar surface area (TPSA) is 709 Å². The van der Waals surface area contributed by atoms with Crippen LogP contribution in [-0.4, -0.2) is 447 Å². The fraction of sp³-hybridized carbons (Fsp3) is 0.931. The lowest BCUT2D eigenvalue weighted by molar-refractivity contribution is -0.401. The Labute approximate surface area is 590 Å². The normalized spacial score (nSPS) is 47.6. The van der Waals surface area contributed by atoms with Gasteiger partial charge in [-0.3, -0.25) is 19.2 Å². The first-order chi connectivity index (χ1) is 49.3. The zero-order valence-electron chi connectivity index (χ0n) is 56.1. The SMILES string of the molecule is CC(=O)N[C@H]1[C@H](O[C@H]2[C@@H](O)[C@@H](CO)O[C@@H](O[C@H]3[C@H](O)[C@@H](O)[C@H](OC[C@@H](CO)NC=O)O[C@@H]3CO)[C@@H]2O)O[C@H](CO)[C@@H](O[C@@H]2O[C@H](CO)[C@H](O)[C@H](O[C@H]3O[C@H](CO)[C@H](O)[C@H](O[C@@H]4O[C@H](CO)[C@H](O)[C@H](O[C@H]5O[C@H](CO)[C@H](O)[C@H](O)[C@H]5NC(C)=O)[C@H]4O[C@@H]4O[C@@H](C)[C@@H](O)[C@@H](O)[C@@H]4O)[C@H]3NC(C)=O)[C@H]2O)[C@@H]1O. The molecule has 41 atom stereocenters. The molecule has 46 heteroatoms. The fourth-order valence-electron chi connectivity index (χ4n) is 13.2. The number of aliphatic hydroxyl groups is 22. The number of rotatable bonds is 30. The van der Waals surface area contributed by atoms with E-state index in [9.17, 15) is 132 Å². The van der Waals surface area contributed by atoms with Crippen LogP contribution in [0.2, 0.25) is 0 Å². The minimum absolute atomic E-state index is 0.259. The Kier molecular flexibility index (Phi) is 31.7. The summed E-state index contributed by atoms with van der Waals surface area (Å²) in [6, 6.07) is -6.65. The molecule has 8 saturated heterocycles. The molecule has 0 unspecified atom stereocenters. The highest BCUT2D eigenvalue weighted by atomic mass is 16.8. The molecule has 104 heavy (non-hydrogen) atoms. The van der Waals surface area contributed by atoms with E-state index in [0.29, 0.717) is 0 Å². The minimum atomic E-state index is -2.40. The van der Waals surface area contributed by atoms with Crippen molar-refractivity contribution in [3.63, 3.8) is 0 Å². The molecule has 46 nitrogen and oxygen atoms in total. The molecule has 0 spiro atoms. The summed E-state index contributed by atoms with van der Waals surface area (Å²) in [6.07, 6.45) is -74.1. The third-order valence-corrected chi connectivity index (χ3v) is 18.8. The van der Waals surface area contributed by atoms with E-state index >= 15 is 0 Å². The fourth-order valence-corrected chi connectivity index (χ4v) is 13.2. The number of carbonyl (C=O) groups is 4. The maximum absolute atomic E-state index is 13.3. The number of hydrogen-bond acceptors (Lipinski definition) is 42. The summed E-state index contributed by atoms with van der Waals surface area (Å²) < 4.78 is 94.6. The largest absolute Gasteiger partial charge is 0.394 e. The number of ether oxygens (including phenoxy) is 16. The van der Waals surface area contributed by atoms with Gasteiger partial charge in [-0.05, 0) is 6.92 Å².